The lowest BCUT2D eigenvalue weighted by Crippen LogP contribution is -2.41. The number of rotatable bonds is 3. The minimum atomic E-state index is -0.111. The fourth-order valence-corrected chi connectivity index (χ4v) is 3.41. The Bertz CT molecular complexity index is 407. The van der Waals surface area contributed by atoms with Crippen molar-refractivity contribution in [1.29, 1.82) is 0 Å². The predicted molar refractivity (Wildman–Crippen MR) is 71.5 cm³/mol. The van der Waals surface area contributed by atoms with Crippen molar-refractivity contribution < 1.29 is 4.79 Å². The van der Waals surface area contributed by atoms with E-state index in [4.69, 9.17) is 17.3 Å². The van der Waals surface area contributed by atoms with Gasteiger partial charge >= 0.3 is 0 Å². The molecule has 2 heterocycles. The van der Waals surface area contributed by atoms with Crippen LogP contribution in [0.4, 0.5) is 0 Å². The highest BCUT2D eigenvalue weighted by Crippen LogP contribution is 2.30. The van der Waals surface area contributed by atoms with Crippen LogP contribution < -0.4 is 5.73 Å². The minimum absolute atomic E-state index is 0.111. The van der Waals surface area contributed by atoms with Crippen LogP contribution in [0.15, 0.2) is 12.1 Å². The summed E-state index contributed by atoms with van der Waals surface area (Å²) in [4.78, 5) is 15.3. The van der Waals surface area contributed by atoms with Crippen LogP contribution in [-0.4, -0.2) is 29.9 Å². The lowest BCUT2D eigenvalue weighted by molar-refractivity contribution is -0.133. The van der Waals surface area contributed by atoms with Crippen LogP contribution in [0.25, 0.3) is 0 Å². The van der Waals surface area contributed by atoms with Crippen LogP contribution in [0.2, 0.25) is 4.34 Å². The monoisotopic (exact) mass is 272 g/mol. The van der Waals surface area contributed by atoms with E-state index in [9.17, 15) is 4.79 Å². The quantitative estimate of drug-likeness (QED) is 0.919. The summed E-state index contributed by atoms with van der Waals surface area (Å²) in [6.07, 6.45) is 2.09. The first-order valence-electron chi connectivity index (χ1n) is 5.89. The van der Waals surface area contributed by atoms with Gasteiger partial charge in [-0.1, -0.05) is 11.6 Å². The number of carbonyl (C=O) groups excluding carboxylic acids is 1. The number of likely N-dealkylation sites (tertiary alicyclic amines) is 1. The van der Waals surface area contributed by atoms with E-state index in [1.165, 1.54) is 11.3 Å². The van der Waals surface area contributed by atoms with Gasteiger partial charge in [0.15, 0.2) is 0 Å². The highest BCUT2D eigenvalue weighted by Gasteiger charge is 2.31. The van der Waals surface area contributed by atoms with Gasteiger partial charge < -0.3 is 10.6 Å². The molecule has 5 heteroatoms. The largest absolute Gasteiger partial charge is 0.338 e. The third-order valence-electron chi connectivity index (χ3n) is 3.32. The average Bonchev–Trinajstić information content (AvgIpc) is 2.95. The van der Waals surface area contributed by atoms with Gasteiger partial charge in [0.05, 0.1) is 10.3 Å². The molecule has 2 rings (SSSR count). The molecule has 0 aromatic carbocycles. The van der Waals surface area contributed by atoms with Gasteiger partial charge in [-0.15, -0.1) is 11.3 Å². The summed E-state index contributed by atoms with van der Waals surface area (Å²) in [6, 6.07) is 4.00. The van der Waals surface area contributed by atoms with Gasteiger partial charge in [0.1, 0.15) is 0 Å². The first-order chi connectivity index (χ1) is 8.13. The van der Waals surface area contributed by atoms with Gasteiger partial charge in [-0.3, -0.25) is 4.79 Å². The Morgan fingerprint density at radius 2 is 2.47 bits per heavy atom. The molecule has 0 saturated carbocycles. The second-order valence-corrected chi connectivity index (χ2v) is 6.17. The van der Waals surface area contributed by atoms with Crippen molar-refractivity contribution in [3.05, 3.63) is 21.3 Å². The molecule has 1 amide bonds. The van der Waals surface area contributed by atoms with Crippen molar-refractivity contribution >= 4 is 28.8 Å². The maximum Gasteiger partial charge on any atom is 0.230 e. The highest BCUT2D eigenvalue weighted by molar-refractivity contribution is 7.16. The van der Waals surface area contributed by atoms with Crippen molar-refractivity contribution in [3.8, 4) is 0 Å². The van der Waals surface area contributed by atoms with Crippen LogP contribution in [0.5, 0.6) is 0 Å². The zero-order chi connectivity index (χ0) is 12.4. The highest BCUT2D eigenvalue weighted by atomic mass is 35.5. The van der Waals surface area contributed by atoms with E-state index < -0.39 is 0 Å². The molecule has 2 unspecified atom stereocenters. The van der Waals surface area contributed by atoms with Crippen molar-refractivity contribution in [2.24, 2.45) is 5.73 Å². The topological polar surface area (TPSA) is 46.3 Å². The number of carbonyl (C=O) groups is 1. The normalized spacial score (nSPS) is 21.8. The molecule has 1 fully saturated rings. The second kappa shape index (κ2) is 5.38. The van der Waals surface area contributed by atoms with Crippen LogP contribution in [0.1, 0.15) is 30.6 Å². The molecule has 0 aliphatic carbocycles. The molecule has 1 saturated heterocycles. The first kappa shape index (κ1) is 12.9. The lowest BCUT2D eigenvalue weighted by Gasteiger charge is -2.26. The summed E-state index contributed by atoms with van der Waals surface area (Å²) < 4.78 is 0.733. The molecule has 1 aliphatic rings. The SMILES string of the molecule is CC(C(=O)N1CCCC1CN)c1ccc(Cl)s1. The lowest BCUT2D eigenvalue weighted by atomic mass is 10.1. The Morgan fingerprint density at radius 1 is 1.71 bits per heavy atom. The van der Waals surface area contributed by atoms with Crippen molar-refractivity contribution in [1.82, 2.24) is 4.90 Å². The summed E-state index contributed by atoms with van der Waals surface area (Å²) in [5.41, 5.74) is 5.69. The third kappa shape index (κ3) is 2.64. The molecule has 0 radical (unpaired) electrons. The fourth-order valence-electron chi connectivity index (χ4n) is 2.30. The van der Waals surface area contributed by atoms with E-state index in [1.807, 2.05) is 24.0 Å². The summed E-state index contributed by atoms with van der Waals surface area (Å²) >= 11 is 7.38. The molecular formula is C12H17ClN2OS. The molecule has 2 N–H and O–H groups in total. The smallest absolute Gasteiger partial charge is 0.230 e. The summed E-state index contributed by atoms with van der Waals surface area (Å²) in [7, 11) is 0. The molecule has 1 aromatic heterocycles. The Hall–Kier alpha value is -0.580. The number of nitrogens with two attached hydrogens (primary N) is 1. The fraction of sp³-hybridized carbons (Fsp3) is 0.583. The zero-order valence-corrected chi connectivity index (χ0v) is 11.4. The molecule has 0 spiro atoms. The van der Waals surface area contributed by atoms with Gasteiger partial charge in [0.2, 0.25) is 5.91 Å². The summed E-state index contributed by atoms with van der Waals surface area (Å²) in [5, 5.41) is 0. The first-order valence-corrected chi connectivity index (χ1v) is 7.08. The van der Waals surface area contributed by atoms with Crippen molar-refractivity contribution in [2.75, 3.05) is 13.1 Å². The molecular weight excluding hydrogens is 256 g/mol. The van der Waals surface area contributed by atoms with Crippen LogP contribution >= 0.6 is 22.9 Å². The number of hydrogen-bond donors (Lipinski definition) is 1. The standard InChI is InChI=1S/C12H17ClN2OS/c1-8(10-4-5-11(13)17-10)12(16)15-6-2-3-9(15)7-14/h4-5,8-9H,2-3,6-7,14H2,1H3. The number of amides is 1. The van der Waals surface area contributed by atoms with Gasteiger partial charge in [-0.05, 0) is 31.9 Å². The molecule has 2 atom stereocenters. The second-order valence-electron chi connectivity index (χ2n) is 4.43. The maximum atomic E-state index is 12.4. The zero-order valence-electron chi connectivity index (χ0n) is 9.86. The minimum Gasteiger partial charge on any atom is -0.338 e. The number of halogens is 1. The Labute approximate surface area is 111 Å². The van der Waals surface area contributed by atoms with E-state index in [0.29, 0.717) is 6.54 Å². The van der Waals surface area contributed by atoms with E-state index in [2.05, 4.69) is 0 Å². The molecule has 1 aromatic rings. The average molecular weight is 273 g/mol. The number of nitrogens with zero attached hydrogens (tertiary/aromatic N) is 1. The third-order valence-corrected chi connectivity index (χ3v) is 4.74. The van der Waals surface area contributed by atoms with Gasteiger partial charge in [0, 0.05) is 24.0 Å². The molecule has 3 nitrogen and oxygen atoms in total. The van der Waals surface area contributed by atoms with Gasteiger partial charge in [0.25, 0.3) is 0 Å². The van der Waals surface area contributed by atoms with Gasteiger partial charge in [-0.25, -0.2) is 0 Å². The summed E-state index contributed by atoms with van der Waals surface area (Å²) in [5.74, 6) is 0.0658. The molecule has 1 aliphatic heterocycles. The maximum absolute atomic E-state index is 12.4. The van der Waals surface area contributed by atoms with E-state index in [-0.39, 0.29) is 17.9 Å². The van der Waals surface area contributed by atoms with E-state index in [0.717, 1.165) is 28.6 Å². The number of thiophene rings is 1. The van der Waals surface area contributed by atoms with Crippen molar-refractivity contribution in [2.45, 2.75) is 31.7 Å². The summed E-state index contributed by atoms with van der Waals surface area (Å²) in [6.45, 7) is 3.34. The predicted octanol–water partition coefficient (Wildman–Crippen LogP) is 2.45. The Balaban J connectivity index is 2.09. The van der Waals surface area contributed by atoms with Crippen LogP contribution in [-0.2, 0) is 4.79 Å². The van der Waals surface area contributed by atoms with Crippen molar-refractivity contribution in [3.63, 3.8) is 0 Å². The molecule has 94 valence electrons. The Kier molecular flexibility index (Phi) is 4.07. The molecule has 0 bridgehead atoms. The van der Waals surface area contributed by atoms with Crippen LogP contribution in [0, 0.1) is 0 Å². The van der Waals surface area contributed by atoms with E-state index >= 15 is 0 Å². The van der Waals surface area contributed by atoms with Gasteiger partial charge in [-0.2, -0.15) is 0 Å². The number of hydrogen-bond acceptors (Lipinski definition) is 3. The molecule has 17 heavy (non-hydrogen) atoms. The Morgan fingerprint density at radius 3 is 3.06 bits per heavy atom. The van der Waals surface area contributed by atoms with Crippen LogP contribution in [0.3, 0.4) is 0 Å². The van der Waals surface area contributed by atoms with E-state index in [1.54, 1.807) is 0 Å².